The Kier molecular flexibility index (Phi) is 7.75. The van der Waals surface area contributed by atoms with Crippen molar-refractivity contribution in [2.75, 3.05) is 52.3 Å². The van der Waals surface area contributed by atoms with E-state index in [-0.39, 0.29) is 5.91 Å². The molecule has 0 aliphatic carbocycles. The third-order valence-corrected chi connectivity index (χ3v) is 6.51. The maximum absolute atomic E-state index is 12.6. The number of anilines is 1. The van der Waals surface area contributed by atoms with Gasteiger partial charge in [-0.25, -0.2) is 4.98 Å². The number of carbonyl (C=O) groups is 1. The SMILES string of the molecule is COc1ccc(-c2csc(NC(=O)CN3CCN(Cc4ccc(C#N)cc4)CC3)n2)c(OC)c1. The standard InChI is InChI=1S/C25H27N5O3S/c1-32-20-7-8-21(23(13-20)33-2)22-17-34-25(27-22)28-24(31)16-30-11-9-29(10-12-30)15-19-5-3-18(14-26)4-6-19/h3-8,13,17H,9-12,15-16H2,1-2H3,(H,27,28,31). The fourth-order valence-electron chi connectivity index (χ4n) is 3.88. The first kappa shape index (κ1) is 23.7. The Morgan fingerprint density at radius 3 is 2.50 bits per heavy atom. The molecule has 1 aromatic heterocycles. The van der Waals surface area contributed by atoms with E-state index in [2.05, 4.69) is 26.2 Å². The van der Waals surface area contributed by atoms with Crippen molar-refractivity contribution >= 4 is 22.4 Å². The summed E-state index contributed by atoms with van der Waals surface area (Å²) in [5.41, 5.74) is 3.46. The van der Waals surface area contributed by atoms with E-state index < -0.39 is 0 Å². The first-order valence-electron chi connectivity index (χ1n) is 11.0. The Labute approximate surface area is 203 Å². The number of hydrogen-bond donors (Lipinski definition) is 1. The highest BCUT2D eigenvalue weighted by Gasteiger charge is 2.20. The average molecular weight is 478 g/mol. The molecule has 1 aliphatic heterocycles. The summed E-state index contributed by atoms with van der Waals surface area (Å²) in [5, 5.41) is 14.3. The summed E-state index contributed by atoms with van der Waals surface area (Å²) < 4.78 is 10.7. The summed E-state index contributed by atoms with van der Waals surface area (Å²) in [5.74, 6) is 1.31. The zero-order chi connectivity index (χ0) is 23.9. The number of thiazole rings is 1. The highest BCUT2D eigenvalue weighted by Crippen LogP contribution is 2.34. The minimum absolute atomic E-state index is 0.0665. The van der Waals surface area contributed by atoms with Crippen molar-refractivity contribution in [3.63, 3.8) is 0 Å². The van der Waals surface area contributed by atoms with Gasteiger partial charge < -0.3 is 14.8 Å². The summed E-state index contributed by atoms with van der Waals surface area (Å²) in [6, 6.07) is 15.4. The lowest BCUT2D eigenvalue weighted by Crippen LogP contribution is -2.48. The second-order valence-corrected chi connectivity index (χ2v) is 8.87. The number of aromatic nitrogens is 1. The van der Waals surface area contributed by atoms with Crippen molar-refractivity contribution in [1.82, 2.24) is 14.8 Å². The molecular formula is C25H27N5O3S. The van der Waals surface area contributed by atoms with E-state index >= 15 is 0 Å². The second kappa shape index (κ2) is 11.1. The quantitative estimate of drug-likeness (QED) is 0.531. The van der Waals surface area contributed by atoms with Crippen LogP contribution in [0.25, 0.3) is 11.3 Å². The van der Waals surface area contributed by atoms with Crippen LogP contribution in [-0.2, 0) is 11.3 Å². The molecular weight excluding hydrogens is 450 g/mol. The number of piperazine rings is 1. The van der Waals surface area contributed by atoms with Crippen LogP contribution in [0.2, 0.25) is 0 Å². The number of methoxy groups -OCH3 is 2. The molecule has 176 valence electrons. The Bertz CT molecular complexity index is 1160. The van der Waals surface area contributed by atoms with Crippen LogP contribution in [0.5, 0.6) is 11.5 Å². The molecule has 0 saturated carbocycles. The first-order chi connectivity index (χ1) is 16.6. The normalized spacial score (nSPS) is 14.4. The first-order valence-corrected chi connectivity index (χ1v) is 11.9. The Hall–Kier alpha value is -3.45. The molecule has 1 N–H and O–H groups in total. The van der Waals surface area contributed by atoms with Crippen LogP contribution in [0.3, 0.4) is 0 Å². The molecule has 1 aliphatic rings. The molecule has 2 aromatic carbocycles. The number of amides is 1. The molecule has 1 saturated heterocycles. The minimum atomic E-state index is -0.0665. The Balaban J connectivity index is 1.26. The molecule has 8 nitrogen and oxygen atoms in total. The number of benzene rings is 2. The summed E-state index contributed by atoms with van der Waals surface area (Å²) in [6.07, 6.45) is 0. The molecule has 0 spiro atoms. The van der Waals surface area contributed by atoms with E-state index in [1.807, 2.05) is 47.8 Å². The van der Waals surface area contributed by atoms with Crippen molar-refractivity contribution in [3.8, 4) is 28.8 Å². The van der Waals surface area contributed by atoms with Crippen molar-refractivity contribution in [2.24, 2.45) is 0 Å². The van der Waals surface area contributed by atoms with Gasteiger partial charge in [-0.1, -0.05) is 12.1 Å². The summed E-state index contributed by atoms with van der Waals surface area (Å²) in [6.45, 7) is 4.64. The largest absolute Gasteiger partial charge is 0.497 e. The molecule has 9 heteroatoms. The number of ether oxygens (including phenoxy) is 2. The van der Waals surface area contributed by atoms with Crippen LogP contribution in [0.1, 0.15) is 11.1 Å². The summed E-state index contributed by atoms with van der Waals surface area (Å²) in [4.78, 5) is 21.7. The Morgan fingerprint density at radius 2 is 1.82 bits per heavy atom. The van der Waals surface area contributed by atoms with Crippen molar-refractivity contribution in [2.45, 2.75) is 6.54 Å². The van der Waals surface area contributed by atoms with E-state index in [9.17, 15) is 4.79 Å². The lowest BCUT2D eigenvalue weighted by atomic mass is 10.1. The van der Waals surface area contributed by atoms with Crippen molar-refractivity contribution in [3.05, 3.63) is 59.0 Å². The highest BCUT2D eigenvalue weighted by molar-refractivity contribution is 7.14. The highest BCUT2D eigenvalue weighted by atomic mass is 32.1. The fourth-order valence-corrected chi connectivity index (χ4v) is 4.60. The van der Waals surface area contributed by atoms with Crippen LogP contribution in [0.4, 0.5) is 5.13 Å². The van der Waals surface area contributed by atoms with Crippen LogP contribution in [0.15, 0.2) is 47.8 Å². The number of rotatable bonds is 8. The lowest BCUT2D eigenvalue weighted by molar-refractivity contribution is -0.117. The maximum Gasteiger partial charge on any atom is 0.240 e. The van der Waals surface area contributed by atoms with Crippen LogP contribution < -0.4 is 14.8 Å². The molecule has 0 atom stereocenters. The van der Waals surface area contributed by atoms with Gasteiger partial charge in [-0.05, 0) is 29.8 Å². The van der Waals surface area contributed by atoms with Crippen LogP contribution >= 0.6 is 11.3 Å². The van der Waals surface area contributed by atoms with Crippen molar-refractivity contribution < 1.29 is 14.3 Å². The summed E-state index contributed by atoms with van der Waals surface area (Å²) >= 11 is 1.39. The topological polar surface area (TPSA) is 90.7 Å². The van der Waals surface area contributed by atoms with Gasteiger partial charge >= 0.3 is 0 Å². The molecule has 1 amide bonds. The molecule has 34 heavy (non-hydrogen) atoms. The smallest absolute Gasteiger partial charge is 0.240 e. The van der Waals surface area contributed by atoms with E-state index in [4.69, 9.17) is 14.7 Å². The van der Waals surface area contributed by atoms with Crippen molar-refractivity contribution in [1.29, 1.82) is 5.26 Å². The average Bonchev–Trinajstić information content (AvgIpc) is 3.33. The zero-order valence-electron chi connectivity index (χ0n) is 19.3. The van der Waals surface area contributed by atoms with Gasteiger partial charge in [0.2, 0.25) is 5.91 Å². The van der Waals surface area contributed by atoms with Gasteiger partial charge in [0.05, 0.1) is 38.1 Å². The molecule has 4 rings (SSSR count). The molecule has 0 bridgehead atoms. The zero-order valence-corrected chi connectivity index (χ0v) is 20.1. The second-order valence-electron chi connectivity index (χ2n) is 8.01. The van der Waals surface area contributed by atoms with Gasteiger partial charge in [-0.3, -0.25) is 14.6 Å². The number of nitrogens with zero attached hydrogens (tertiary/aromatic N) is 4. The predicted molar refractivity (Wildman–Crippen MR) is 132 cm³/mol. The lowest BCUT2D eigenvalue weighted by Gasteiger charge is -2.34. The molecule has 0 radical (unpaired) electrons. The van der Waals surface area contributed by atoms with E-state index in [0.29, 0.717) is 28.7 Å². The fraction of sp³-hybridized carbons (Fsp3) is 0.320. The third kappa shape index (κ3) is 5.91. The molecule has 0 unspecified atom stereocenters. The monoisotopic (exact) mass is 477 g/mol. The van der Waals surface area contributed by atoms with Crippen LogP contribution in [0, 0.1) is 11.3 Å². The minimum Gasteiger partial charge on any atom is -0.497 e. The Morgan fingerprint density at radius 1 is 1.09 bits per heavy atom. The van der Waals surface area contributed by atoms with E-state index in [1.165, 1.54) is 16.9 Å². The van der Waals surface area contributed by atoms with Gasteiger partial charge in [0.15, 0.2) is 5.13 Å². The van der Waals surface area contributed by atoms with Gasteiger partial charge in [0.25, 0.3) is 0 Å². The van der Waals surface area contributed by atoms with Gasteiger partial charge in [-0.15, -0.1) is 11.3 Å². The van der Waals surface area contributed by atoms with Gasteiger partial charge in [0, 0.05) is 49.7 Å². The number of carbonyl (C=O) groups excluding carboxylic acids is 1. The summed E-state index contributed by atoms with van der Waals surface area (Å²) in [7, 11) is 3.22. The van der Waals surface area contributed by atoms with E-state index in [0.717, 1.165) is 44.0 Å². The van der Waals surface area contributed by atoms with Gasteiger partial charge in [-0.2, -0.15) is 5.26 Å². The number of nitriles is 1. The molecule has 2 heterocycles. The molecule has 1 fully saturated rings. The number of hydrogen-bond acceptors (Lipinski definition) is 8. The maximum atomic E-state index is 12.6. The van der Waals surface area contributed by atoms with E-state index in [1.54, 1.807) is 14.2 Å². The van der Waals surface area contributed by atoms with Crippen LogP contribution in [-0.4, -0.2) is 67.6 Å². The third-order valence-electron chi connectivity index (χ3n) is 5.76. The number of nitrogens with one attached hydrogen (secondary N) is 1. The van der Waals surface area contributed by atoms with Gasteiger partial charge in [0.1, 0.15) is 11.5 Å². The predicted octanol–water partition coefficient (Wildman–Crippen LogP) is 3.46. The molecule has 3 aromatic rings.